The van der Waals surface area contributed by atoms with Crippen molar-refractivity contribution < 1.29 is 4.42 Å². The molecule has 0 bridgehead atoms. The minimum absolute atomic E-state index is 0.566. The average Bonchev–Trinajstić information content (AvgIpc) is 2.67. The van der Waals surface area contributed by atoms with Crippen LogP contribution in [0.3, 0.4) is 0 Å². The van der Waals surface area contributed by atoms with Gasteiger partial charge < -0.3 is 15.9 Å². The van der Waals surface area contributed by atoms with Crippen LogP contribution in [0.2, 0.25) is 0 Å². The van der Waals surface area contributed by atoms with E-state index in [1.165, 1.54) is 0 Å². The summed E-state index contributed by atoms with van der Waals surface area (Å²) in [5.74, 6) is 12.3. The third kappa shape index (κ3) is 4.37. The highest BCUT2D eigenvalue weighted by Gasteiger charge is 1.94. The van der Waals surface area contributed by atoms with E-state index < -0.39 is 0 Å². The summed E-state index contributed by atoms with van der Waals surface area (Å²) < 4.78 is 5.19. The molecule has 0 radical (unpaired) electrons. The molecule has 3 nitrogen and oxygen atoms in total. The Balaban J connectivity index is 2.58. The van der Waals surface area contributed by atoms with Crippen molar-refractivity contribution in [2.75, 3.05) is 13.1 Å². The third-order valence-electron chi connectivity index (χ3n) is 1.58. The molecule has 1 rings (SSSR count). The molecule has 0 spiro atoms. The van der Waals surface area contributed by atoms with Gasteiger partial charge in [-0.25, -0.2) is 0 Å². The van der Waals surface area contributed by atoms with Crippen LogP contribution >= 0.6 is 0 Å². The van der Waals surface area contributed by atoms with E-state index in [1.54, 1.807) is 6.26 Å². The Bertz CT molecular complexity index is 374. The predicted octanol–water partition coefficient (Wildman–Crippen LogP) is 0.680. The second kappa shape index (κ2) is 6.73. The molecular weight excluding hydrogens is 188 g/mol. The highest BCUT2D eigenvalue weighted by molar-refractivity contribution is 5.37. The molecule has 0 aromatic carbocycles. The number of hydrogen-bond donors (Lipinski definition) is 2. The molecule has 1 aromatic rings. The first-order chi connectivity index (χ1) is 7.36. The van der Waals surface area contributed by atoms with E-state index in [1.807, 2.05) is 6.07 Å². The quantitative estimate of drug-likeness (QED) is 0.693. The normalized spacial score (nSPS) is 8.67. The molecule has 15 heavy (non-hydrogen) atoms. The van der Waals surface area contributed by atoms with Crippen molar-refractivity contribution in [3.8, 4) is 23.7 Å². The van der Waals surface area contributed by atoms with Gasteiger partial charge in [-0.05, 0) is 5.92 Å². The summed E-state index contributed by atoms with van der Waals surface area (Å²) in [6.45, 7) is 1.14. The van der Waals surface area contributed by atoms with E-state index in [-0.39, 0.29) is 0 Å². The van der Waals surface area contributed by atoms with Crippen LogP contribution in [-0.4, -0.2) is 13.1 Å². The Morgan fingerprint density at radius 2 is 1.73 bits per heavy atom. The molecular formula is C12H14N2O. The highest BCUT2D eigenvalue weighted by Crippen LogP contribution is 2.04. The molecule has 0 unspecified atom stereocenters. The fourth-order valence-corrected chi connectivity index (χ4v) is 0.926. The molecule has 0 amide bonds. The predicted molar refractivity (Wildman–Crippen MR) is 59.8 cm³/mol. The van der Waals surface area contributed by atoms with E-state index in [0.29, 0.717) is 31.7 Å². The van der Waals surface area contributed by atoms with Gasteiger partial charge in [-0.2, -0.15) is 0 Å². The Hall–Kier alpha value is -1.68. The van der Waals surface area contributed by atoms with Crippen molar-refractivity contribution >= 4 is 0 Å². The van der Waals surface area contributed by atoms with Gasteiger partial charge in [0.25, 0.3) is 0 Å². The Morgan fingerprint density at radius 3 is 2.40 bits per heavy atom. The fraction of sp³-hybridized carbons (Fsp3) is 0.333. The van der Waals surface area contributed by atoms with Crippen LogP contribution < -0.4 is 11.5 Å². The largest absolute Gasteiger partial charge is 0.455 e. The molecule has 0 atom stereocenters. The zero-order valence-corrected chi connectivity index (χ0v) is 8.55. The van der Waals surface area contributed by atoms with Crippen LogP contribution in [-0.2, 0) is 0 Å². The van der Waals surface area contributed by atoms with Crippen molar-refractivity contribution in [3.63, 3.8) is 0 Å². The molecule has 0 aliphatic heterocycles. The maximum Gasteiger partial charge on any atom is 0.177 e. The molecule has 0 fully saturated rings. The van der Waals surface area contributed by atoms with Gasteiger partial charge in [0.1, 0.15) is 6.26 Å². The number of hydrogen-bond acceptors (Lipinski definition) is 3. The monoisotopic (exact) mass is 202 g/mol. The van der Waals surface area contributed by atoms with Crippen molar-refractivity contribution in [1.82, 2.24) is 0 Å². The van der Waals surface area contributed by atoms with Gasteiger partial charge in [-0.3, -0.25) is 0 Å². The lowest BCUT2D eigenvalue weighted by Gasteiger charge is -1.78. The molecule has 1 aromatic heterocycles. The van der Waals surface area contributed by atoms with Crippen LogP contribution in [0, 0.1) is 23.7 Å². The van der Waals surface area contributed by atoms with E-state index >= 15 is 0 Å². The first kappa shape index (κ1) is 11.4. The summed E-state index contributed by atoms with van der Waals surface area (Å²) in [6.07, 6.45) is 2.96. The van der Waals surface area contributed by atoms with Gasteiger partial charge in [0.2, 0.25) is 0 Å². The molecule has 3 heteroatoms. The van der Waals surface area contributed by atoms with Crippen molar-refractivity contribution in [1.29, 1.82) is 0 Å². The molecule has 1 heterocycles. The Labute approximate surface area is 89.8 Å². The van der Waals surface area contributed by atoms with Crippen LogP contribution in [0.1, 0.15) is 24.2 Å². The average molecular weight is 202 g/mol. The standard InChI is InChI=1S/C12H14N2O/c13-7-3-1-5-11-9-12(15-10-11)6-2-4-8-14/h9-10H,3-4,7-8,13-14H2. The molecule has 0 aliphatic carbocycles. The SMILES string of the molecule is NCCC#Cc1coc(C#CCCN)c1. The number of furan rings is 1. The molecule has 0 aliphatic rings. The van der Waals surface area contributed by atoms with Gasteiger partial charge in [0, 0.05) is 32.0 Å². The first-order valence-corrected chi connectivity index (χ1v) is 4.83. The number of nitrogens with two attached hydrogens (primary N) is 2. The smallest absolute Gasteiger partial charge is 0.177 e. The zero-order chi connectivity index (χ0) is 10.9. The fourth-order valence-electron chi connectivity index (χ4n) is 0.926. The Morgan fingerprint density at radius 1 is 1.07 bits per heavy atom. The zero-order valence-electron chi connectivity index (χ0n) is 8.55. The minimum Gasteiger partial charge on any atom is -0.455 e. The molecule has 78 valence electrons. The van der Waals surface area contributed by atoms with Crippen LogP contribution in [0.15, 0.2) is 16.7 Å². The molecule has 0 saturated heterocycles. The lowest BCUT2D eigenvalue weighted by atomic mass is 10.3. The van der Waals surface area contributed by atoms with Crippen LogP contribution in [0.25, 0.3) is 0 Å². The van der Waals surface area contributed by atoms with Crippen molar-refractivity contribution in [2.24, 2.45) is 11.5 Å². The minimum atomic E-state index is 0.566. The van der Waals surface area contributed by atoms with E-state index in [0.717, 1.165) is 5.56 Å². The Kier molecular flexibility index (Phi) is 5.11. The van der Waals surface area contributed by atoms with Gasteiger partial charge >= 0.3 is 0 Å². The van der Waals surface area contributed by atoms with Crippen molar-refractivity contribution in [2.45, 2.75) is 12.8 Å². The highest BCUT2D eigenvalue weighted by atomic mass is 16.3. The topological polar surface area (TPSA) is 65.2 Å². The summed E-state index contributed by atoms with van der Waals surface area (Å²) >= 11 is 0. The summed E-state index contributed by atoms with van der Waals surface area (Å²) in [5, 5.41) is 0. The maximum absolute atomic E-state index is 5.32. The van der Waals surface area contributed by atoms with Gasteiger partial charge in [-0.15, -0.1) is 0 Å². The second-order valence-corrected chi connectivity index (χ2v) is 2.88. The molecule has 4 N–H and O–H groups in total. The first-order valence-electron chi connectivity index (χ1n) is 4.83. The van der Waals surface area contributed by atoms with Crippen LogP contribution in [0.5, 0.6) is 0 Å². The summed E-state index contributed by atoms with van der Waals surface area (Å²) in [7, 11) is 0. The maximum atomic E-state index is 5.32. The van der Waals surface area contributed by atoms with E-state index in [4.69, 9.17) is 15.9 Å². The van der Waals surface area contributed by atoms with E-state index in [2.05, 4.69) is 23.7 Å². The summed E-state index contributed by atoms with van der Waals surface area (Å²) in [5.41, 5.74) is 11.5. The van der Waals surface area contributed by atoms with Gasteiger partial charge in [-0.1, -0.05) is 17.8 Å². The van der Waals surface area contributed by atoms with E-state index in [9.17, 15) is 0 Å². The molecule has 0 saturated carbocycles. The lowest BCUT2D eigenvalue weighted by Crippen LogP contribution is -1.95. The third-order valence-corrected chi connectivity index (χ3v) is 1.58. The van der Waals surface area contributed by atoms with Gasteiger partial charge in [0.05, 0.1) is 5.56 Å². The number of rotatable bonds is 2. The van der Waals surface area contributed by atoms with Gasteiger partial charge in [0.15, 0.2) is 5.76 Å². The van der Waals surface area contributed by atoms with Crippen molar-refractivity contribution in [3.05, 3.63) is 23.7 Å². The summed E-state index contributed by atoms with van der Waals surface area (Å²) in [4.78, 5) is 0. The van der Waals surface area contributed by atoms with Crippen LogP contribution in [0.4, 0.5) is 0 Å². The summed E-state index contributed by atoms with van der Waals surface area (Å²) in [6, 6.07) is 1.81. The second-order valence-electron chi connectivity index (χ2n) is 2.88. The lowest BCUT2D eigenvalue weighted by molar-refractivity contribution is 0.553.